The monoisotopic (exact) mass is 390 g/mol. The van der Waals surface area contributed by atoms with Gasteiger partial charge in [-0.05, 0) is 37.3 Å². The summed E-state index contributed by atoms with van der Waals surface area (Å²) in [6.45, 7) is 1.91. The zero-order valence-corrected chi connectivity index (χ0v) is 15.9. The van der Waals surface area contributed by atoms with Crippen molar-refractivity contribution in [3.63, 3.8) is 0 Å². The Hall–Kier alpha value is -3.45. The number of aromatic amines is 1. The average molecular weight is 390 g/mol. The van der Waals surface area contributed by atoms with Gasteiger partial charge in [-0.15, -0.1) is 0 Å². The lowest BCUT2D eigenvalue weighted by Crippen LogP contribution is -2.14. The highest BCUT2D eigenvalue weighted by atomic mass is 32.2. The number of benzene rings is 3. The number of nitrogens with zero attached hydrogens (tertiary/aromatic N) is 2. The Bertz CT molecular complexity index is 1230. The van der Waals surface area contributed by atoms with E-state index in [2.05, 4.69) is 19.7 Å². The van der Waals surface area contributed by atoms with E-state index in [1.54, 1.807) is 48.7 Å². The molecule has 4 rings (SSSR count). The van der Waals surface area contributed by atoms with Crippen LogP contribution >= 0.6 is 0 Å². The maximum atomic E-state index is 12.7. The summed E-state index contributed by atoms with van der Waals surface area (Å²) in [6.07, 6.45) is 1.59. The molecule has 0 radical (unpaired) electrons. The first-order valence-electron chi connectivity index (χ1n) is 8.69. The van der Waals surface area contributed by atoms with E-state index in [1.165, 1.54) is 0 Å². The highest BCUT2D eigenvalue weighted by molar-refractivity contribution is 7.92. The van der Waals surface area contributed by atoms with Crippen molar-refractivity contribution in [2.75, 3.05) is 4.72 Å². The minimum Gasteiger partial charge on any atom is -0.322 e. The second-order valence-electron chi connectivity index (χ2n) is 6.34. The smallest absolute Gasteiger partial charge is 0.261 e. The zero-order valence-electron chi connectivity index (χ0n) is 15.1. The summed E-state index contributed by atoms with van der Waals surface area (Å²) in [5, 5.41) is 0. The topological polar surface area (TPSA) is 87.2 Å². The fraction of sp³-hybridized carbons (Fsp3) is 0.0476. The summed E-state index contributed by atoms with van der Waals surface area (Å²) in [4.78, 5) is 12.1. The molecule has 6 nitrogen and oxygen atoms in total. The largest absolute Gasteiger partial charge is 0.322 e. The van der Waals surface area contributed by atoms with Gasteiger partial charge in [-0.25, -0.2) is 18.4 Å². The summed E-state index contributed by atoms with van der Waals surface area (Å²) in [5.41, 5.74) is 3.80. The van der Waals surface area contributed by atoms with E-state index >= 15 is 0 Å². The van der Waals surface area contributed by atoms with Gasteiger partial charge in [-0.1, -0.05) is 48.0 Å². The van der Waals surface area contributed by atoms with E-state index in [-0.39, 0.29) is 4.90 Å². The standard InChI is InChI=1S/C21H18N4O2S/c1-15-10-12-17(13-11-15)28(26,27)25-18-7-3-2-6-16(18)14-22-21-23-19-8-4-5-9-20(19)24-21/h2-14,25H,1H3,(H,23,24). The summed E-state index contributed by atoms with van der Waals surface area (Å²) >= 11 is 0. The van der Waals surface area contributed by atoms with E-state index in [0.29, 0.717) is 17.2 Å². The van der Waals surface area contributed by atoms with Crippen LogP contribution in [0.3, 0.4) is 0 Å². The number of H-pyrrole nitrogens is 1. The molecule has 2 N–H and O–H groups in total. The minimum atomic E-state index is -3.69. The lowest BCUT2D eigenvalue weighted by atomic mass is 10.2. The van der Waals surface area contributed by atoms with Crippen molar-refractivity contribution in [2.24, 2.45) is 4.99 Å². The lowest BCUT2D eigenvalue weighted by Gasteiger charge is -2.10. The molecule has 3 aromatic carbocycles. The molecule has 1 heterocycles. The van der Waals surface area contributed by atoms with Crippen LogP contribution in [0.1, 0.15) is 11.1 Å². The van der Waals surface area contributed by atoms with E-state index in [9.17, 15) is 8.42 Å². The van der Waals surface area contributed by atoms with E-state index in [4.69, 9.17) is 0 Å². The van der Waals surface area contributed by atoms with Crippen LogP contribution in [-0.4, -0.2) is 24.6 Å². The van der Waals surface area contributed by atoms with Crippen molar-refractivity contribution in [1.82, 2.24) is 9.97 Å². The number of hydrogen-bond donors (Lipinski definition) is 2. The maximum absolute atomic E-state index is 12.7. The lowest BCUT2D eigenvalue weighted by molar-refractivity contribution is 0.601. The van der Waals surface area contributed by atoms with Gasteiger partial charge in [0.2, 0.25) is 5.95 Å². The predicted octanol–water partition coefficient (Wildman–Crippen LogP) is 4.42. The molecule has 0 unspecified atom stereocenters. The SMILES string of the molecule is Cc1ccc(S(=O)(=O)Nc2ccccc2C=Nc2nc3ccccc3[nH]2)cc1. The second-order valence-corrected chi connectivity index (χ2v) is 8.02. The minimum absolute atomic E-state index is 0.210. The summed E-state index contributed by atoms with van der Waals surface area (Å²) in [7, 11) is -3.69. The number of imidazole rings is 1. The molecule has 0 aliphatic carbocycles. The third kappa shape index (κ3) is 3.79. The maximum Gasteiger partial charge on any atom is 0.261 e. The Morgan fingerprint density at radius 3 is 2.46 bits per heavy atom. The Kier molecular flexibility index (Phi) is 4.67. The van der Waals surface area contributed by atoms with E-state index in [1.807, 2.05) is 37.3 Å². The molecular weight excluding hydrogens is 372 g/mol. The molecule has 0 fully saturated rings. The highest BCUT2D eigenvalue weighted by Gasteiger charge is 2.15. The van der Waals surface area contributed by atoms with Crippen molar-refractivity contribution in [1.29, 1.82) is 0 Å². The molecule has 0 bridgehead atoms. The molecule has 4 aromatic rings. The fourth-order valence-corrected chi connectivity index (χ4v) is 3.84. The molecule has 28 heavy (non-hydrogen) atoms. The highest BCUT2D eigenvalue weighted by Crippen LogP contribution is 2.21. The summed E-state index contributed by atoms with van der Waals surface area (Å²) in [6, 6.07) is 21.4. The molecule has 1 aromatic heterocycles. The Morgan fingerprint density at radius 1 is 0.964 bits per heavy atom. The number of fused-ring (bicyclic) bond motifs is 1. The van der Waals surface area contributed by atoms with Gasteiger partial charge in [0, 0.05) is 11.8 Å². The van der Waals surface area contributed by atoms with Crippen LogP contribution in [0.25, 0.3) is 11.0 Å². The predicted molar refractivity (Wildman–Crippen MR) is 112 cm³/mol. The van der Waals surface area contributed by atoms with Crippen LogP contribution in [0.15, 0.2) is 82.7 Å². The molecular formula is C21H18N4O2S. The molecule has 0 spiro atoms. The molecule has 0 aliphatic rings. The van der Waals surface area contributed by atoms with Gasteiger partial charge in [-0.2, -0.15) is 0 Å². The van der Waals surface area contributed by atoms with Crippen molar-refractivity contribution in [3.05, 3.63) is 83.9 Å². The third-order valence-corrected chi connectivity index (χ3v) is 5.62. The number of sulfonamides is 1. The number of aromatic nitrogens is 2. The Balaban J connectivity index is 1.62. The van der Waals surface area contributed by atoms with Crippen molar-refractivity contribution < 1.29 is 8.42 Å². The normalized spacial score (nSPS) is 11.9. The number of aryl methyl sites for hydroxylation is 1. The Labute approximate surface area is 163 Å². The number of rotatable bonds is 5. The number of nitrogens with one attached hydrogen (secondary N) is 2. The number of aliphatic imine (C=N–C) groups is 1. The molecule has 140 valence electrons. The first-order chi connectivity index (χ1) is 13.5. The fourth-order valence-electron chi connectivity index (χ4n) is 2.75. The quantitative estimate of drug-likeness (QED) is 0.495. The molecule has 0 saturated heterocycles. The van der Waals surface area contributed by atoms with Crippen LogP contribution in [0.5, 0.6) is 0 Å². The van der Waals surface area contributed by atoms with Crippen molar-refractivity contribution >= 4 is 38.9 Å². The number of anilines is 1. The molecule has 0 saturated carbocycles. The van der Waals surface area contributed by atoms with Crippen LogP contribution in [0.4, 0.5) is 11.6 Å². The van der Waals surface area contributed by atoms with Crippen LogP contribution in [0, 0.1) is 6.92 Å². The molecule has 0 amide bonds. The van der Waals surface area contributed by atoms with Gasteiger partial charge >= 0.3 is 0 Å². The number of para-hydroxylation sites is 3. The zero-order chi connectivity index (χ0) is 19.6. The number of hydrogen-bond acceptors (Lipinski definition) is 4. The third-order valence-electron chi connectivity index (χ3n) is 4.24. The van der Waals surface area contributed by atoms with E-state index < -0.39 is 10.0 Å². The average Bonchev–Trinajstić information content (AvgIpc) is 3.10. The van der Waals surface area contributed by atoms with Gasteiger partial charge < -0.3 is 4.98 Å². The summed E-state index contributed by atoms with van der Waals surface area (Å²) in [5.74, 6) is 0.456. The molecule has 0 aliphatic heterocycles. The van der Waals surface area contributed by atoms with Gasteiger partial charge in [-0.3, -0.25) is 4.72 Å². The second kappa shape index (κ2) is 7.28. The Morgan fingerprint density at radius 2 is 1.68 bits per heavy atom. The van der Waals surface area contributed by atoms with Gasteiger partial charge in [0.25, 0.3) is 10.0 Å². The first kappa shape index (κ1) is 17.9. The van der Waals surface area contributed by atoms with Gasteiger partial charge in [0.05, 0.1) is 21.6 Å². The summed E-state index contributed by atoms with van der Waals surface area (Å²) < 4.78 is 28.0. The van der Waals surface area contributed by atoms with Gasteiger partial charge in [0.15, 0.2) is 0 Å². The molecule has 0 atom stereocenters. The van der Waals surface area contributed by atoms with Crippen LogP contribution in [0.2, 0.25) is 0 Å². The van der Waals surface area contributed by atoms with Crippen molar-refractivity contribution in [2.45, 2.75) is 11.8 Å². The van der Waals surface area contributed by atoms with Crippen LogP contribution < -0.4 is 4.72 Å². The van der Waals surface area contributed by atoms with Crippen LogP contribution in [-0.2, 0) is 10.0 Å². The molecule has 7 heteroatoms. The van der Waals surface area contributed by atoms with Gasteiger partial charge in [0.1, 0.15) is 0 Å². The first-order valence-corrected chi connectivity index (χ1v) is 10.2. The van der Waals surface area contributed by atoms with E-state index in [0.717, 1.165) is 16.6 Å². The van der Waals surface area contributed by atoms with Crippen molar-refractivity contribution in [3.8, 4) is 0 Å².